The Morgan fingerprint density at radius 3 is 1.73 bits per heavy atom. The van der Waals surface area contributed by atoms with Crippen molar-refractivity contribution in [3.63, 3.8) is 0 Å². The Labute approximate surface area is 173 Å². The number of hydrogen-bond donors (Lipinski definition) is 0. The lowest BCUT2D eigenvalue weighted by Gasteiger charge is -2.43. The topological polar surface area (TPSA) is 18.5 Å². The molecule has 0 aromatic heterocycles. The van der Waals surface area contributed by atoms with E-state index in [0.717, 1.165) is 37.1 Å². The molecule has 0 bridgehead atoms. The van der Waals surface area contributed by atoms with Gasteiger partial charge in [-0.15, -0.1) is 0 Å². The number of ether oxygens (including phenoxy) is 1. The summed E-state index contributed by atoms with van der Waals surface area (Å²) in [5.41, 5.74) is 0. The van der Waals surface area contributed by atoms with Crippen LogP contribution in [0.15, 0.2) is 60.7 Å². The van der Waals surface area contributed by atoms with Crippen molar-refractivity contribution < 1.29 is 9.16 Å². The number of unbranched alkanes of at least 4 members (excludes halogenated alkanes) is 1. The van der Waals surface area contributed by atoms with E-state index in [1.807, 2.05) is 0 Å². The monoisotopic (exact) mass is 482 g/mol. The highest BCUT2D eigenvalue weighted by Gasteiger charge is 2.49. The summed E-state index contributed by atoms with van der Waals surface area (Å²) in [6.07, 6.45) is 2.08. The Kier molecular flexibility index (Phi) is 8.80. The molecule has 2 aromatic rings. The molecule has 0 unspecified atom stereocenters. The van der Waals surface area contributed by atoms with Crippen molar-refractivity contribution in [2.75, 3.05) is 24.2 Å². The zero-order valence-corrected chi connectivity index (χ0v) is 19.4. The summed E-state index contributed by atoms with van der Waals surface area (Å²) in [5, 5.41) is 2.74. The van der Waals surface area contributed by atoms with E-state index in [2.05, 4.69) is 104 Å². The van der Waals surface area contributed by atoms with Crippen LogP contribution in [0.25, 0.3) is 0 Å². The Morgan fingerprint density at radius 2 is 1.27 bits per heavy atom. The quantitative estimate of drug-likeness (QED) is 0.210. The second kappa shape index (κ2) is 10.6. The van der Waals surface area contributed by atoms with Crippen LogP contribution in [-0.2, 0) is 9.16 Å². The molecule has 142 valence electrons. The summed E-state index contributed by atoms with van der Waals surface area (Å²) in [6, 6.07) is 21.7. The number of halogens is 1. The van der Waals surface area contributed by atoms with Crippen molar-refractivity contribution in [3.05, 3.63) is 60.7 Å². The third kappa shape index (κ3) is 5.41. The van der Waals surface area contributed by atoms with Crippen LogP contribution in [0, 0.1) is 0 Å². The largest absolute Gasteiger partial charge is 0.407 e. The maximum Gasteiger partial charge on any atom is 0.261 e. The first kappa shape index (κ1) is 21.6. The smallest absolute Gasteiger partial charge is 0.261 e. The van der Waals surface area contributed by atoms with Gasteiger partial charge >= 0.3 is 0 Å². The van der Waals surface area contributed by atoms with Crippen LogP contribution in [0.3, 0.4) is 0 Å². The molecule has 0 saturated heterocycles. The Hall–Kier alpha value is -0.693. The van der Waals surface area contributed by atoms with Gasteiger partial charge in [-0.05, 0) is 28.3 Å². The van der Waals surface area contributed by atoms with E-state index in [4.69, 9.17) is 9.16 Å². The van der Waals surface area contributed by atoms with Gasteiger partial charge in [-0.25, -0.2) is 0 Å². The Bertz CT molecular complexity index is 586. The summed E-state index contributed by atoms with van der Waals surface area (Å²) in [6.45, 7) is 9.42. The minimum absolute atomic E-state index is 0.0490. The lowest BCUT2D eigenvalue weighted by Crippen LogP contribution is -2.66. The third-order valence-electron chi connectivity index (χ3n) is 4.64. The summed E-state index contributed by atoms with van der Waals surface area (Å²) in [5.74, 6) is 0. The molecule has 0 spiro atoms. The van der Waals surface area contributed by atoms with Crippen LogP contribution in [0.5, 0.6) is 0 Å². The van der Waals surface area contributed by atoms with Gasteiger partial charge in [0, 0.05) is 17.6 Å². The lowest BCUT2D eigenvalue weighted by atomic mass is 10.2. The minimum atomic E-state index is -2.37. The van der Waals surface area contributed by atoms with Gasteiger partial charge in [-0.3, -0.25) is 0 Å². The van der Waals surface area contributed by atoms with Crippen molar-refractivity contribution in [2.24, 2.45) is 0 Å². The van der Waals surface area contributed by atoms with Gasteiger partial charge in [0.1, 0.15) is 0 Å². The predicted molar refractivity (Wildman–Crippen MR) is 123 cm³/mol. The van der Waals surface area contributed by atoms with Crippen molar-refractivity contribution in [2.45, 2.75) is 38.7 Å². The Balaban J connectivity index is 2.24. The van der Waals surface area contributed by atoms with E-state index >= 15 is 0 Å². The maximum atomic E-state index is 6.85. The Morgan fingerprint density at radius 1 is 0.769 bits per heavy atom. The average Bonchev–Trinajstić information content (AvgIpc) is 2.64. The number of benzene rings is 2. The summed E-state index contributed by atoms with van der Waals surface area (Å²) < 4.78 is 13.5. The molecule has 0 heterocycles. The van der Waals surface area contributed by atoms with Gasteiger partial charge in [0.15, 0.2) is 0 Å². The molecule has 4 heteroatoms. The fourth-order valence-corrected chi connectivity index (χ4v) is 8.37. The maximum absolute atomic E-state index is 6.85. The van der Waals surface area contributed by atoms with E-state index in [-0.39, 0.29) is 5.04 Å². The molecular formula is C22H31IO2Si. The normalized spacial score (nSPS) is 12.3. The molecule has 26 heavy (non-hydrogen) atoms. The van der Waals surface area contributed by atoms with Gasteiger partial charge in [0.05, 0.1) is 6.61 Å². The molecule has 2 nitrogen and oxygen atoms in total. The first-order chi connectivity index (χ1) is 12.5. The van der Waals surface area contributed by atoms with E-state index in [9.17, 15) is 0 Å². The SMILES string of the molecule is CC(C)(C)[Si](OCCCCOCCI)(c1ccccc1)c1ccccc1. The highest BCUT2D eigenvalue weighted by atomic mass is 127. The van der Waals surface area contributed by atoms with Crippen LogP contribution in [0.2, 0.25) is 5.04 Å². The first-order valence-electron chi connectivity index (χ1n) is 9.41. The molecule has 0 aliphatic heterocycles. The number of alkyl halides is 1. The van der Waals surface area contributed by atoms with Crippen LogP contribution in [-0.4, -0.2) is 32.6 Å². The third-order valence-corrected chi connectivity index (χ3v) is 10.1. The summed E-state index contributed by atoms with van der Waals surface area (Å²) >= 11 is 2.34. The van der Waals surface area contributed by atoms with Crippen molar-refractivity contribution >= 4 is 41.3 Å². The molecule has 0 saturated carbocycles. The van der Waals surface area contributed by atoms with Crippen LogP contribution >= 0.6 is 22.6 Å². The molecule has 0 aliphatic rings. The molecule has 2 rings (SSSR count). The van der Waals surface area contributed by atoms with Gasteiger partial charge in [-0.1, -0.05) is 104 Å². The van der Waals surface area contributed by atoms with Crippen LogP contribution in [0.1, 0.15) is 33.6 Å². The zero-order chi connectivity index (χ0) is 18.9. The molecule has 2 aromatic carbocycles. The van der Waals surface area contributed by atoms with E-state index in [0.29, 0.717) is 0 Å². The fourth-order valence-electron chi connectivity index (χ4n) is 3.45. The van der Waals surface area contributed by atoms with E-state index in [1.165, 1.54) is 10.4 Å². The number of rotatable bonds is 10. The van der Waals surface area contributed by atoms with E-state index in [1.54, 1.807) is 0 Å². The van der Waals surface area contributed by atoms with Crippen molar-refractivity contribution in [3.8, 4) is 0 Å². The average molecular weight is 482 g/mol. The van der Waals surface area contributed by atoms with Crippen LogP contribution < -0.4 is 10.4 Å². The molecular weight excluding hydrogens is 451 g/mol. The molecule has 0 fully saturated rings. The van der Waals surface area contributed by atoms with Gasteiger partial charge in [0.25, 0.3) is 8.32 Å². The predicted octanol–water partition coefficient (Wildman–Crippen LogP) is 4.79. The highest BCUT2D eigenvalue weighted by Crippen LogP contribution is 2.36. The minimum Gasteiger partial charge on any atom is -0.407 e. The second-order valence-corrected chi connectivity index (χ2v) is 12.9. The van der Waals surface area contributed by atoms with E-state index < -0.39 is 8.32 Å². The van der Waals surface area contributed by atoms with Gasteiger partial charge in [-0.2, -0.15) is 0 Å². The lowest BCUT2D eigenvalue weighted by molar-refractivity contribution is 0.141. The molecule has 0 atom stereocenters. The molecule has 0 N–H and O–H groups in total. The molecule has 0 radical (unpaired) electrons. The molecule has 0 amide bonds. The van der Waals surface area contributed by atoms with Gasteiger partial charge < -0.3 is 9.16 Å². The number of hydrogen-bond acceptors (Lipinski definition) is 2. The van der Waals surface area contributed by atoms with Crippen LogP contribution in [0.4, 0.5) is 0 Å². The summed E-state index contributed by atoms with van der Waals surface area (Å²) in [7, 11) is -2.37. The molecule has 0 aliphatic carbocycles. The van der Waals surface area contributed by atoms with Crippen molar-refractivity contribution in [1.29, 1.82) is 0 Å². The summed E-state index contributed by atoms with van der Waals surface area (Å²) in [4.78, 5) is 0. The first-order valence-corrected chi connectivity index (χ1v) is 12.8. The van der Waals surface area contributed by atoms with Crippen molar-refractivity contribution in [1.82, 2.24) is 0 Å². The highest BCUT2D eigenvalue weighted by molar-refractivity contribution is 14.1. The van der Waals surface area contributed by atoms with Gasteiger partial charge in [0.2, 0.25) is 0 Å². The second-order valence-electron chi connectivity index (χ2n) is 7.52. The zero-order valence-electron chi connectivity index (χ0n) is 16.2. The fraction of sp³-hybridized carbons (Fsp3) is 0.455. The standard InChI is InChI=1S/C22H31IO2Si/c1-22(2,3)26(20-12-6-4-7-13-20,21-14-8-5-9-15-21)25-18-11-10-17-24-19-16-23/h4-9,12-15H,10-11,16-19H2,1-3H3.